The molecule has 0 aliphatic rings. The molecule has 0 atom stereocenters. The number of nitrogens with one attached hydrogen (secondary N) is 1. The molecule has 0 radical (unpaired) electrons. The van der Waals surface area contributed by atoms with Crippen molar-refractivity contribution >= 4 is 27.8 Å². The van der Waals surface area contributed by atoms with Gasteiger partial charge in [0.05, 0.1) is 10.5 Å². The number of sulfonamides is 1. The zero-order chi connectivity index (χ0) is 18.4. The van der Waals surface area contributed by atoms with E-state index in [9.17, 15) is 13.2 Å². The quantitative estimate of drug-likeness (QED) is 0.539. The third-order valence-electron chi connectivity index (χ3n) is 3.74. The average Bonchev–Trinajstić information content (AvgIpc) is 2.59. The van der Waals surface area contributed by atoms with Gasteiger partial charge < -0.3 is 5.11 Å². The Morgan fingerprint density at radius 1 is 1.20 bits per heavy atom. The zero-order valence-corrected chi connectivity index (χ0v) is 15.8. The number of carboxylic acid groups (broad SMARTS) is 1. The highest BCUT2D eigenvalue weighted by atomic mass is 32.2. The fourth-order valence-corrected chi connectivity index (χ4v) is 4.20. The van der Waals surface area contributed by atoms with Crippen molar-refractivity contribution < 1.29 is 19.7 Å². The third kappa shape index (κ3) is 5.32. The molecule has 0 aliphatic heterocycles. The second-order valence-electron chi connectivity index (χ2n) is 5.53. The monoisotopic (exact) mass is 381 g/mol. The number of carboxylic acids is 1. The molecule has 2 aromatic rings. The smallest absolute Gasteiger partial charge is 0.335 e. The lowest BCUT2D eigenvalue weighted by atomic mass is 10.1. The summed E-state index contributed by atoms with van der Waals surface area (Å²) in [6.45, 7) is 3.99. The fraction of sp³-hybridized carbons (Fsp3) is 0.278. The molecular weight excluding hydrogens is 358 g/mol. The highest BCUT2D eigenvalue weighted by molar-refractivity contribution is 7.99. The molecule has 0 aliphatic carbocycles. The summed E-state index contributed by atoms with van der Waals surface area (Å²) in [5.41, 5.74) is 1.78. The maximum absolute atomic E-state index is 12.3. The molecule has 2 rings (SSSR count). The number of rotatable bonds is 8. The van der Waals surface area contributed by atoms with E-state index in [4.69, 9.17) is 5.11 Å². The van der Waals surface area contributed by atoms with Gasteiger partial charge in [0, 0.05) is 18.6 Å². The van der Waals surface area contributed by atoms with Crippen molar-refractivity contribution in [3.63, 3.8) is 0 Å². The van der Waals surface area contributed by atoms with Crippen molar-refractivity contribution in [3.05, 3.63) is 59.2 Å². The molecular formula is C18H23NO4S2. The van der Waals surface area contributed by atoms with E-state index in [0.29, 0.717) is 11.3 Å². The van der Waals surface area contributed by atoms with Gasteiger partial charge in [-0.3, -0.25) is 0 Å². The molecule has 0 saturated carbocycles. The van der Waals surface area contributed by atoms with Crippen molar-refractivity contribution in [3.8, 4) is 0 Å². The van der Waals surface area contributed by atoms with Crippen LogP contribution < -0.4 is 4.72 Å². The van der Waals surface area contributed by atoms with Crippen LogP contribution in [0.15, 0.2) is 52.3 Å². The molecule has 7 heteroatoms. The Kier molecular flexibility index (Phi) is 6.64. The number of carbonyl (C=O) groups is 1. The van der Waals surface area contributed by atoms with Crippen LogP contribution in [-0.4, -0.2) is 31.8 Å². The Morgan fingerprint density at radius 3 is 2.48 bits per heavy atom. The number of benzene rings is 2. The number of thioether (sulfide) groups is 1. The van der Waals surface area contributed by atoms with Crippen LogP contribution in [0.1, 0.15) is 29.8 Å². The Hall–Kier alpha value is -1.83. The maximum atomic E-state index is 12.3. The van der Waals surface area contributed by atoms with E-state index in [0.717, 1.165) is 11.3 Å². The SMILES string of the molecule is CCc1ccc(SCCNS(=O)(=O)c2ccc(C)c(C(=O)O)c2)cc1.[HH]. The summed E-state index contributed by atoms with van der Waals surface area (Å²) < 4.78 is 27.1. The predicted octanol–water partition coefficient (Wildman–Crippen LogP) is 3.57. The van der Waals surface area contributed by atoms with E-state index >= 15 is 0 Å². The first-order chi connectivity index (χ1) is 11.8. The van der Waals surface area contributed by atoms with Crippen molar-refractivity contribution in [2.24, 2.45) is 0 Å². The van der Waals surface area contributed by atoms with Crippen LogP contribution >= 0.6 is 11.8 Å². The van der Waals surface area contributed by atoms with Gasteiger partial charge >= 0.3 is 5.97 Å². The highest BCUT2D eigenvalue weighted by Crippen LogP contribution is 2.19. The minimum absolute atomic E-state index is 0. The average molecular weight is 382 g/mol. The van der Waals surface area contributed by atoms with Gasteiger partial charge in [0.1, 0.15) is 0 Å². The molecule has 0 bridgehead atoms. The zero-order valence-electron chi connectivity index (χ0n) is 14.2. The molecule has 0 heterocycles. The molecule has 25 heavy (non-hydrogen) atoms. The summed E-state index contributed by atoms with van der Waals surface area (Å²) in [6, 6.07) is 12.3. The minimum Gasteiger partial charge on any atom is -0.478 e. The van der Waals surface area contributed by atoms with Crippen molar-refractivity contribution in [1.82, 2.24) is 4.72 Å². The summed E-state index contributed by atoms with van der Waals surface area (Å²) >= 11 is 1.56. The summed E-state index contributed by atoms with van der Waals surface area (Å²) in [4.78, 5) is 12.2. The molecule has 0 saturated heterocycles. The number of hydrogen-bond donors (Lipinski definition) is 2. The van der Waals surface area contributed by atoms with Crippen molar-refractivity contribution in [1.29, 1.82) is 0 Å². The standard InChI is InChI=1S/C18H21NO4S2.H2/c1-3-14-5-7-15(8-6-14)24-11-10-19-25(22,23)16-9-4-13(2)17(12-16)18(20)21;/h4-9,12,19H,3,10-11H2,1-2H3,(H,20,21);1H. The van der Waals surface area contributed by atoms with Crippen LogP contribution in [0.2, 0.25) is 0 Å². The van der Waals surface area contributed by atoms with E-state index in [1.54, 1.807) is 18.7 Å². The molecule has 0 amide bonds. The molecule has 0 fully saturated rings. The van der Waals surface area contributed by atoms with Gasteiger partial charge in [0.15, 0.2) is 0 Å². The van der Waals surface area contributed by atoms with Gasteiger partial charge in [-0.15, -0.1) is 11.8 Å². The predicted molar refractivity (Wildman–Crippen MR) is 102 cm³/mol. The molecule has 0 aromatic heterocycles. The van der Waals surface area contributed by atoms with Crippen molar-refractivity contribution in [2.75, 3.05) is 12.3 Å². The molecule has 2 N–H and O–H groups in total. The Bertz CT molecular complexity index is 852. The first-order valence-electron chi connectivity index (χ1n) is 7.89. The van der Waals surface area contributed by atoms with Crippen LogP contribution in [0, 0.1) is 6.92 Å². The molecule has 136 valence electrons. The normalized spacial score (nSPS) is 11.4. The van der Waals surface area contributed by atoms with Gasteiger partial charge in [0.2, 0.25) is 10.0 Å². The van der Waals surface area contributed by atoms with Gasteiger partial charge in [-0.25, -0.2) is 17.9 Å². The van der Waals surface area contributed by atoms with Crippen LogP contribution in [0.5, 0.6) is 0 Å². The Balaban J connectivity index is 0.00000338. The number of aromatic carboxylic acids is 1. The molecule has 0 spiro atoms. The summed E-state index contributed by atoms with van der Waals surface area (Å²) in [6.07, 6.45) is 0.986. The van der Waals surface area contributed by atoms with E-state index in [1.165, 1.54) is 23.8 Å². The van der Waals surface area contributed by atoms with Gasteiger partial charge in [-0.05, 0) is 48.7 Å². The Morgan fingerprint density at radius 2 is 1.88 bits per heavy atom. The molecule has 0 unspecified atom stereocenters. The lowest BCUT2D eigenvalue weighted by Crippen LogP contribution is -2.26. The van der Waals surface area contributed by atoms with Gasteiger partial charge in [-0.1, -0.05) is 25.1 Å². The van der Waals surface area contributed by atoms with Gasteiger partial charge in [0.25, 0.3) is 0 Å². The fourth-order valence-electron chi connectivity index (χ4n) is 2.25. The lowest BCUT2D eigenvalue weighted by Gasteiger charge is -2.09. The second kappa shape index (κ2) is 8.51. The van der Waals surface area contributed by atoms with E-state index in [-0.39, 0.29) is 18.4 Å². The Labute approximate surface area is 154 Å². The largest absolute Gasteiger partial charge is 0.478 e. The lowest BCUT2D eigenvalue weighted by molar-refractivity contribution is 0.0696. The topological polar surface area (TPSA) is 83.5 Å². The van der Waals surface area contributed by atoms with Crippen LogP contribution in [-0.2, 0) is 16.4 Å². The summed E-state index contributed by atoms with van der Waals surface area (Å²) in [7, 11) is -3.72. The molecule has 5 nitrogen and oxygen atoms in total. The molecule has 2 aromatic carbocycles. The van der Waals surface area contributed by atoms with Crippen LogP contribution in [0.4, 0.5) is 0 Å². The van der Waals surface area contributed by atoms with Crippen LogP contribution in [0.25, 0.3) is 0 Å². The number of aryl methyl sites for hydroxylation is 2. The third-order valence-corrected chi connectivity index (χ3v) is 6.22. The first-order valence-corrected chi connectivity index (χ1v) is 10.4. The van der Waals surface area contributed by atoms with E-state index < -0.39 is 16.0 Å². The summed E-state index contributed by atoms with van der Waals surface area (Å²) in [5, 5.41) is 9.11. The highest BCUT2D eigenvalue weighted by Gasteiger charge is 2.17. The van der Waals surface area contributed by atoms with E-state index in [2.05, 4.69) is 23.8 Å². The van der Waals surface area contributed by atoms with E-state index in [1.807, 2.05) is 12.1 Å². The summed E-state index contributed by atoms with van der Waals surface area (Å²) in [5.74, 6) is -0.553. The second-order valence-corrected chi connectivity index (χ2v) is 8.46. The first kappa shape index (κ1) is 19.5. The maximum Gasteiger partial charge on any atom is 0.335 e. The van der Waals surface area contributed by atoms with Gasteiger partial charge in [-0.2, -0.15) is 0 Å². The minimum atomic E-state index is -3.72. The number of hydrogen-bond acceptors (Lipinski definition) is 4. The van der Waals surface area contributed by atoms with Crippen molar-refractivity contribution in [2.45, 2.75) is 30.1 Å². The van der Waals surface area contributed by atoms with Crippen LogP contribution in [0.3, 0.4) is 0 Å².